The zero-order chi connectivity index (χ0) is 35.2. The van der Waals surface area contributed by atoms with Crippen LogP contribution in [0.3, 0.4) is 0 Å². The molecule has 0 amide bonds. The van der Waals surface area contributed by atoms with E-state index in [1.807, 2.05) is 49.1 Å². The van der Waals surface area contributed by atoms with E-state index in [-0.39, 0.29) is 31.7 Å². The first kappa shape index (κ1) is 35.8. The summed E-state index contributed by atoms with van der Waals surface area (Å²) in [5.41, 5.74) is -5.68. The van der Waals surface area contributed by atoms with E-state index in [9.17, 15) is 19.2 Å². The highest BCUT2D eigenvalue weighted by Gasteiger charge is 2.70. The van der Waals surface area contributed by atoms with Crippen LogP contribution in [0, 0.1) is 35.0 Å². The van der Waals surface area contributed by atoms with Crippen molar-refractivity contribution in [1.29, 1.82) is 0 Å². The van der Waals surface area contributed by atoms with Crippen LogP contribution in [0.5, 0.6) is 0 Å². The van der Waals surface area contributed by atoms with Gasteiger partial charge in [0, 0.05) is 35.9 Å². The highest BCUT2D eigenvalue weighted by Crippen LogP contribution is 2.55. The Morgan fingerprint density at radius 2 is 1.73 bits per heavy atom. The molecule has 2 aromatic heterocycles. The first-order valence-corrected chi connectivity index (χ1v) is 17.3. The van der Waals surface area contributed by atoms with E-state index in [0.717, 1.165) is 22.4 Å². The van der Waals surface area contributed by atoms with E-state index in [2.05, 4.69) is 16.8 Å². The van der Waals surface area contributed by atoms with Gasteiger partial charge in [0.15, 0.2) is 11.4 Å². The van der Waals surface area contributed by atoms with Crippen LogP contribution in [0.1, 0.15) is 72.6 Å². The first-order chi connectivity index (χ1) is 22.5. The number of thiophene rings is 1. The number of carbonyl (C=O) groups excluding carboxylic acids is 4. The van der Waals surface area contributed by atoms with Crippen molar-refractivity contribution in [2.45, 2.75) is 96.7 Å². The van der Waals surface area contributed by atoms with Crippen molar-refractivity contribution in [1.82, 2.24) is 9.88 Å². The van der Waals surface area contributed by atoms with E-state index in [1.54, 1.807) is 40.9 Å². The van der Waals surface area contributed by atoms with Gasteiger partial charge in [-0.15, -0.1) is 11.3 Å². The van der Waals surface area contributed by atoms with Gasteiger partial charge in [0.2, 0.25) is 0 Å². The summed E-state index contributed by atoms with van der Waals surface area (Å²) in [6.45, 7) is 11.6. The molecule has 2 aromatic rings. The second-order valence-electron chi connectivity index (χ2n) is 14.5. The van der Waals surface area contributed by atoms with Crippen molar-refractivity contribution in [2.24, 2.45) is 23.2 Å². The van der Waals surface area contributed by atoms with E-state index < -0.39 is 69.9 Å². The Morgan fingerprint density at radius 1 is 1.04 bits per heavy atom. The summed E-state index contributed by atoms with van der Waals surface area (Å²) in [5, 5.41) is 0. The quantitative estimate of drug-likeness (QED) is 0.237. The number of likely N-dealkylation sites (tertiary alicyclic amines) is 1. The highest BCUT2D eigenvalue weighted by molar-refractivity contribution is 7.16. The average Bonchev–Trinajstić information content (AvgIpc) is 3.71. The molecule has 0 spiro atoms. The van der Waals surface area contributed by atoms with Crippen LogP contribution in [0.15, 0.2) is 36.5 Å². The maximum atomic E-state index is 16.2. The molecule has 1 unspecified atom stereocenters. The van der Waals surface area contributed by atoms with Crippen molar-refractivity contribution in [3.05, 3.63) is 41.4 Å². The maximum Gasteiger partial charge on any atom is 0.351 e. The molecule has 3 fully saturated rings. The number of carbonyl (C=O) groups is 4. The van der Waals surface area contributed by atoms with Gasteiger partial charge in [0.05, 0.1) is 21.0 Å². The molecule has 3 saturated heterocycles. The molecule has 0 N–H and O–H groups in total. The molecule has 0 aliphatic carbocycles. The summed E-state index contributed by atoms with van der Waals surface area (Å²) >= 11 is 1.50. The smallest absolute Gasteiger partial charge is 0.351 e. The number of halogens is 1. The zero-order valence-corrected chi connectivity index (χ0v) is 29.7. The lowest BCUT2D eigenvalue weighted by Crippen LogP contribution is -2.57. The Balaban J connectivity index is 1.46. The summed E-state index contributed by atoms with van der Waals surface area (Å²) in [6, 6.07) is 8.83. The Hall–Kier alpha value is -3.46. The van der Waals surface area contributed by atoms with Crippen molar-refractivity contribution >= 4 is 34.8 Å². The molecule has 9 atom stereocenters. The summed E-state index contributed by atoms with van der Waals surface area (Å²) < 4.78 is 34.2. The largest absolute Gasteiger partial charge is 0.455 e. The minimum atomic E-state index is -2.96. The predicted octanol–water partition coefficient (Wildman–Crippen LogP) is 5.44. The minimum absolute atomic E-state index is 0.00657. The molecule has 0 aromatic carbocycles. The number of Topliss-reactive ketones (excluding diaryl/α,β-unsaturated/α-hetero) is 2. The lowest BCUT2D eigenvalue weighted by molar-refractivity contribution is -0.192. The second-order valence-corrected chi connectivity index (χ2v) is 15.6. The maximum absolute atomic E-state index is 16.2. The van der Waals surface area contributed by atoms with Crippen LogP contribution in [0.25, 0.3) is 10.6 Å². The van der Waals surface area contributed by atoms with Crippen molar-refractivity contribution in [2.75, 3.05) is 20.2 Å². The molecule has 11 heteroatoms. The zero-order valence-electron chi connectivity index (χ0n) is 28.9. The summed E-state index contributed by atoms with van der Waals surface area (Å²) in [6.07, 6.45) is 1.10. The molecule has 5 heterocycles. The number of cyclic esters (lactones) is 1. The molecular weight excluding hydrogens is 635 g/mol. The monoisotopic (exact) mass is 680 g/mol. The molecule has 0 bridgehead atoms. The fraction of sp³-hybridized carbons (Fsp3) is 0.595. The number of likely N-dealkylation sites (N-methyl/N-ethyl adjacent to an activating group) is 1. The Kier molecular flexibility index (Phi) is 9.78. The van der Waals surface area contributed by atoms with Gasteiger partial charge < -0.3 is 14.2 Å². The van der Waals surface area contributed by atoms with Crippen molar-refractivity contribution in [3.63, 3.8) is 0 Å². The van der Waals surface area contributed by atoms with E-state index in [4.69, 9.17) is 14.2 Å². The second kappa shape index (κ2) is 13.1. The average molecular weight is 681 g/mol. The van der Waals surface area contributed by atoms with Gasteiger partial charge in [-0.1, -0.05) is 45.6 Å². The molecule has 5 rings (SSSR count). The molecule has 3 aliphatic heterocycles. The summed E-state index contributed by atoms with van der Waals surface area (Å²) in [5.74, 6) is 1.07. The molecule has 48 heavy (non-hydrogen) atoms. The van der Waals surface area contributed by atoms with Crippen LogP contribution < -0.4 is 0 Å². The number of nitrogens with zero attached hydrogens (tertiary/aromatic N) is 2. The van der Waals surface area contributed by atoms with Gasteiger partial charge >= 0.3 is 11.9 Å². The number of ketones is 2. The molecular formula is C37H45FN2O7S. The van der Waals surface area contributed by atoms with Crippen LogP contribution in [0.4, 0.5) is 4.39 Å². The Morgan fingerprint density at radius 3 is 2.38 bits per heavy atom. The van der Waals surface area contributed by atoms with Gasteiger partial charge in [0.25, 0.3) is 5.67 Å². The van der Waals surface area contributed by atoms with E-state index in [0.29, 0.717) is 6.54 Å². The fourth-order valence-corrected chi connectivity index (χ4v) is 9.31. The standard InChI is InChI=1S/C37H45FN2O7S/c1-9-27-37(7)29-28(32(43)47-37)40(8)21-35(29,5)30(41)22(2)19-34(4,20-23(3)31(42)36(6,38)33(44)46-27)45-18-12-13-24-15-16-26(48-24)25-14-10-11-17-39-25/h10-11,14-17,22-23,27-29H,9,18-21H2,1-8H3/t22-,23-,27+,28-,29?,34-,35-,36-,37-/m1/s1. The van der Waals surface area contributed by atoms with Gasteiger partial charge in [-0.3, -0.25) is 24.3 Å². The molecule has 258 valence electrons. The minimum Gasteiger partial charge on any atom is -0.455 e. The third-order valence-electron chi connectivity index (χ3n) is 10.5. The Bertz CT molecular complexity index is 1650. The first-order valence-electron chi connectivity index (χ1n) is 16.5. The number of hydrogen-bond acceptors (Lipinski definition) is 10. The molecule has 9 nitrogen and oxygen atoms in total. The highest BCUT2D eigenvalue weighted by atomic mass is 32.1. The fourth-order valence-electron chi connectivity index (χ4n) is 8.46. The molecule has 0 saturated carbocycles. The van der Waals surface area contributed by atoms with E-state index in [1.165, 1.54) is 11.3 Å². The van der Waals surface area contributed by atoms with Crippen molar-refractivity contribution < 1.29 is 37.8 Å². The number of ether oxygens (including phenoxy) is 3. The number of alkyl halides is 1. The third kappa shape index (κ3) is 6.35. The topological polar surface area (TPSA) is 112 Å². The SMILES string of the molecule is CC[C@@H]1OC(=O)[C@](C)(F)C(=O)[C@H](C)C[C@](C)(OCC#Cc2ccc(-c3ccccn3)s2)C[C@@H](C)C(=O)[C@]2(C)CN(C)[C@H]3C(=O)O[C@@]1(C)C32. The molecule has 3 aliphatic rings. The van der Waals surface area contributed by atoms with Gasteiger partial charge in [-0.2, -0.15) is 0 Å². The van der Waals surface area contributed by atoms with Crippen LogP contribution >= 0.6 is 11.3 Å². The number of rotatable bonds is 4. The van der Waals surface area contributed by atoms with Gasteiger partial charge in [-0.05, 0) is 71.3 Å². The number of pyridine rings is 1. The predicted molar refractivity (Wildman–Crippen MR) is 179 cm³/mol. The van der Waals surface area contributed by atoms with Gasteiger partial charge in [-0.25, -0.2) is 9.18 Å². The molecule has 0 radical (unpaired) electrons. The van der Waals surface area contributed by atoms with Crippen molar-refractivity contribution in [3.8, 4) is 22.4 Å². The summed E-state index contributed by atoms with van der Waals surface area (Å²) in [4.78, 5) is 62.8. The third-order valence-corrected chi connectivity index (χ3v) is 11.5. The normalized spacial score (nSPS) is 37.6. The lowest BCUT2D eigenvalue weighted by Gasteiger charge is -2.44. The number of aromatic nitrogens is 1. The lowest BCUT2D eigenvalue weighted by atomic mass is 9.62. The number of esters is 2. The van der Waals surface area contributed by atoms with Crippen LogP contribution in [0.2, 0.25) is 0 Å². The van der Waals surface area contributed by atoms with Crippen LogP contribution in [-0.4, -0.2) is 82.6 Å². The van der Waals surface area contributed by atoms with E-state index >= 15 is 4.39 Å². The number of hydrogen-bond donors (Lipinski definition) is 0. The van der Waals surface area contributed by atoms with Gasteiger partial charge in [0.1, 0.15) is 24.5 Å². The van der Waals surface area contributed by atoms with Crippen LogP contribution in [-0.2, 0) is 33.4 Å². The Labute approximate surface area is 285 Å². The summed E-state index contributed by atoms with van der Waals surface area (Å²) in [7, 11) is 1.77.